The van der Waals surface area contributed by atoms with Crippen molar-refractivity contribution in [1.29, 1.82) is 0 Å². The van der Waals surface area contributed by atoms with Crippen molar-refractivity contribution in [2.75, 3.05) is 21.3 Å². The highest BCUT2D eigenvalue weighted by Crippen LogP contribution is 2.37. The van der Waals surface area contributed by atoms with Crippen molar-refractivity contribution >= 4 is 17.8 Å². The second-order valence-corrected chi connectivity index (χ2v) is 6.80. The lowest BCUT2D eigenvalue weighted by Crippen LogP contribution is -2.08. The van der Waals surface area contributed by atoms with Gasteiger partial charge in [-0.1, -0.05) is 18.2 Å². The third-order valence-corrected chi connectivity index (χ3v) is 4.88. The minimum atomic E-state index is -0.551. The summed E-state index contributed by atoms with van der Waals surface area (Å²) in [5, 5.41) is 0. The fourth-order valence-electron chi connectivity index (χ4n) is 3.31. The summed E-state index contributed by atoms with van der Waals surface area (Å²) in [5.41, 5.74) is 1.35. The van der Waals surface area contributed by atoms with Crippen LogP contribution in [-0.4, -0.2) is 33.1 Å². The zero-order valence-corrected chi connectivity index (χ0v) is 17.7. The van der Waals surface area contributed by atoms with E-state index in [4.69, 9.17) is 23.7 Å². The molecule has 0 saturated carbocycles. The number of Topliss-reactive ketones (excluding diaryl/α,β-unsaturated/α-hetero) is 1. The Kier molecular flexibility index (Phi) is 5.81. The first-order valence-corrected chi connectivity index (χ1v) is 9.69. The predicted octanol–water partition coefficient (Wildman–Crippen LogP) is 4.55. The van der Waals surface area contributed by atoms with E-state index in [1.165, 1.54) is 27.4 Å². The molecular weight excluding hydrogens is 412 g/mol. The smallest absolute Gasteiger partial charge is 0.343 e. The maximum Gasteiger partial charge on any atom is 0.343 e. The first-order valence-electron chi connectivity index (χ1n) is 9.69. The van der Waals surface area contributed by atoms with Crippen molar-refractivity contribution in [2.24, 2.45) is 0 Å². The summed E-state index contributed by atoms with van der Waals surface area (Å²) >= 11 is 0. The van der Waals surface area contributed by atoms with E-state index in [1.54, 1.807) is 60.7 Å². The molecule has 3 aromatic carbocycles. The second kappa shape index (κ2) is 8.85. The number of fused-ring (bicyclic) bond motifs is 1. The van der Waals surface area contributed by atoms with Gasteiger partial charge in [0.1, 0.15) is 17.2 Å². The third kappa shape index (κ3) is 4.00. The lowest BCUT2D eigenvalue weighted by Gasteiger charge is -2.10. The molecule has 0 spiro atoms. The van der Waals surface area contributed by atoms with Gasteiger partial charge in [-0.2, -0.15) is 0 Å². The molecule has 1 heterocycles. The minimum Gasteiger partial charge on any atom is -0.497 e. The molecule has 0 aromatic heterocycles. The number of allylic oxidation sites excluding steroid dienone is 1. The standard InChI is InChI=1S/C25H20O7/c1-28-17-8-4-7-16(12-17)25(27)31-18-10-11-19-21(14-18)32-22(23(19)26)13-15-6-5-9-20(29-2)24(15)30-3/h4-14H,1-3H3. The van der Waals surface area contributed by atoms with Gasteiger partial charge in [0.15, 0.2) is 17.3 Å². The van der Waals surface area contributed by atoms with Crippen LogP contribution in [0, 0.1) is 0 Å². The summed E-state index contributed by atoms with van der Waals surface area (Å²) in [4.78, 5) is 25.3. The summed E-state index contributed by atoms with van der Waals surface area (Å²) in [6.07, 6.45) is 1.59. The number of ketones is 1. The molecule has 1 aliphatic rings. The van der Waals surface area contributed by atoms with Crippen LogP contribution >= 0.6 is 0 Å². The second-order valence-electron chi connectivity index (χ2n) is 6.80. The van der Waals surface area contributed by atoms with Crippen molar-refractivity contribution in [3.05, 3.63) is 83.1 Å². The van der Waals surface area contributed by atoms with Gasteiger partial charge in [0.2, 0.25) is 5.78 Å². The van der Waals surface area contributed by atoms with Crippen LogP contribution in [0.4, 0.5) is 0 Å². The zero-order chi connectivity index (χ0) is 22.7. The number of methoxy groups -OCH3 is 3. The van der Waals surface area contributed by atoms with Crippen LogP contribution in [-0.2, 0) is 0 Å². The average molecular weight is 432 g/mol. The Bertz CT molecular complexity index is 1230. The molecule has 0 saturated heterocycles. The van der Waals surface area contributed by atoms with Gasteiger partial charge in [-0.05, 0) is 42.5 Å². The number of esters is 1. The third-order valence-electron chi connectivity index (χ3n) is 4.88. The maximum atomic E-state index is 12.8. The molecule has 162 valence electrons. The molecule has 0 atom stereocenters. The van der Waals surface area contributed by atoms with Gasteiger partial charge in [0, 0.05) is 11.6 Å². The normalized spacial score (nSPS) is 13.3. The molecule has 0 fully saturated rings. The van der Waals surface area contributed by atoms with Crippen molar-refractivity contribution in [2.45, 2.75) is 0 Å². The largest absolute Gasteiger partial charge is 0.497 e. The van der Waals surface area contributed by atoms with E-state index in [-0.39, 0.29) is 17.3 Å². The molecule has 1 aliphatic heterocycles. The van der Waals surface area contributed by atoms with Crippen LogP contribution in [0.1, 0.15) is 26.3 Å². The van der Waals surface area contributed by atoms with Crippen molar-refractivity contribution < 1.29 is 33.3 Å². The Morgan fingerprint density at radius 1 is 0.875 bits per heavy atom. The van der Waals surface area contributed by atoms with E-state index in [2.05, 4.69) is 0 Å². The van der Waals surface area contributed by atoms with Gasteiger partial charge in [-0.25, -0.2) is 4.79 Å². The fraction of sp³-hybridized carbons (Fsp3) is 0.120. The molecule has 4 rings (SSSR count). The Morgan fingerprint density at radius 2 is 1.69 bits per heavy atom. The number of para-hydroxylation sites is 1. The molecule has 32 heavy (non-hydrogen) atoms. The number of rotatable bonds is 6. The molecule has 0 unspecified atom stereocenters. The molecular formula is C25H20O7. The molecule has 0 amide bonds. The summed E-state index contributed by atoms with van der Waals surface area (Å²) < 4.78 is 27.0. The van der Waals surface area contributed by atoms with Gasteiger partial charge in [-0.3, -0.25) is 4.79 Å². The van der Waals surface area contributed by atoms with Crippen LogP contribution in [0.3, 0.4) is 0 Å². The highest BCUT2D eigenvalue weighted by atomic mass is 16.5. The number of hydrogen-bond donors (Lipinski definition) is 0. The minimum absolute atomic E-state index is 0.128. The van der Waals surface area contributed by atoms with Gasteiger partial charge in [-0.15, -0.1) is 0 Å². The van der Waals surface area contributed by atoms with Gasteiger partial charge >= 0.3 is 5.97 Å². The van der Waals surface area contributed by atoms with Gasteiger partial charge < -0.3 is 23.7 Å². The number of hydrogen-bond acceptors (Lipinski definition) is 7. The molecule has 0 N–H and O–H groups in total. The number of carbonyl (C=O) groups is 2. The topological polar surface area (TPSA) is 80.3 Å². The van der Waals surface area contributed by atoms with Crippen LogP contribution in [0.5, 0.6) is 28.7 Å². The fourth-order valence-corrected chi connectivity index (χ4v) is 3.31. The molecule has 7 heteroatoms. The lowest BCUT2D eigenvalue weighted by molar-refractivity contribution is 0.0734. The van der Waals surface area contributed by atoms with E-state index in [1.807, 2.05) is 0 Å². The van der Waals surface area contributed by atoms with Crippen LogP contribution in [0.25, 0.3) is 6.08 Å². The Morgan fingerprint density at radius 3 is 2.44 bits per heavy atom. The summed E-state index contributed by atoms with van der Waals surface area (Å²) in [6.45, 7) is 0. The van der Waals surface area contributed by atoms with Crippen LogP contribution in [0.2, 0.25) is 0 Å². The monoisotopic (exact) mass is 432 g/mol. The first kappa shape index (κ1) is 21.0. The summed E-state index contributed by atoms with van der Waals surface area (Å²) in [5.74, 6) is 1.43. The number of benzene rings is 3. The molecule has 0 radical (unpaired) electrons. The highest BCUT2D eigenvalue weighted by molar-refractivity contribution is 6.14. The summed E-state index contributed by atoms with van der Waals surface area (Å²) in [6, 6.07) is 16.6. The average Bonchev–Trinajstić information content (AvgIpc) is 3.13. The number of ether oxygens (including phenoxy) is 5. The van der Waals surface area contributed by atoms with Gasteiger partial charge in [0.05, 0.1) is 32.5 Å². The lowest BCUT2D eigenvalue weighted by atomic mass is 10.1. The van der Waals surface area contributed by atoms with E-state index >= 15 is 0 Å². The quantitative estimate of drug-likeness (QED) is 0.321. The molecule has 3 aromatic rings. The van der Waals surface area contributed by atoms with Crippen molar-refractivity contribution in [3.63, 3.8) is 0 Å². The Balaban J connectivity index is 1.58. The summed E-state index contributed by atoms with van der Waals surface area (Å²) in [7, 11) is 4.58. The van der Waals surface area contributed by atoms with Crippen molar-refractivity contribution in [3.8, 4) is 28.7 Å². The molecule has 0 bridgehead atoms. The van der Waals surface area contributed by atoms with E-state index < -0.39 is 5.97 Å². The predicted molar refractivity (Wildman–Crippen MR) is 117 cm³/mol. The highest BCUT2D eigenvalue weighted by Gasteiger charge is 2.28. The number of carbonyl (C=O) groups excluding carboxylic acids is 2. The van der Waals surface area contributed by atoms with Crippen LogP contribution < -0.4 is 23.7 Å². The van der Waals surface area contributed by atoms with Crippen LogP contribution in [0.15, 0.2) is 66.4 Å². The Labute approximate surface area is 184 Å². The van der Waals surface area contributed by atoms with E-state index in [9.17, 15) is 9.59 Å². The maximum absolute atomic E-state index is 12.8. The first-order chi connectivity index (χ1) is 15.5. The van der Waals surface area contributed by atoms with E-state index in [0.717, 1.165) is 0 Å². The van der Waals surface area contributed by atoms with E-state index in [0.29, 0.717) is 39.7 Å². The van der Waals surface area contributed by atoms with Crippen molar-refractivity contribution in [1.82, 2.24) is 0 Å². The zero-order valence-electron chi connectivity index (χ0n) is 17.7. The molecule has 7 nitrogen and oxygen atoms in total. The SMILES string of the molecule is COc1cccc(C(=O)Oc2ccc3c(c2)OC(=Cc2cccc(OC)c2OC)C3=O)c1. The molecule has 0 aliphatic carbocycles. The Hall–Kier alpha value is -4.26. The van der Waals surface area contributed by atoms with Gasteiger partial charge in [0.25, 0.3) is 0 Å².